The van der Waals surface area contributed by atoms with Crippen molar-refractivity contribution in [2.45, 2.75) is 57.2 Å². The van der Waals surface area contributed by atoms with Gasteiger partial charge in [-0.25, -0.2) is 4.39 Å². The van der Waals surface area contributed by atoms with E-state index >= 15 is 0 Å². The average molecular weight is 493 g/mol. The normalized spacial score (nSPS) is 14.5. The van der Waals surface area contributed by atoms with Crippen molar-refractivity contribution in [1.82, 2.24) is 10.2 Å². The molecular weight excluding hydrogens is 463 g/mol. The van der Waals surface area contributed by atoms with Gasteiger partial charge in [0, 0.05) is 29.6 Å². The van der Waals surface area contributed by atoms with Crippen LogP contribution in [0.25, 0.3) is 0 Å². The second-order valence-electron chi connectivity index (χ2n) is 9.11. The molecule has 1 unspecified atom stereocenters. The molecule has 1 N–H and O–H groups in total. The molecule has 1 atom stereocenters. The molecule has 1 fully saturated rings. The van der Waals surface area contributed by atoms with Crippen molar-refractivity contribution in [3.8, 4) is 0 Å². The predicted molar refractivity (Wildman–Crippen MR) is 136 cm³/mol. The molecule has 0 bridgehead atoms. The van der Waals surface area contributed by atoms with Gasteiger partial charge in [0.15, 0.2) is 0 Å². The van der Waals surface area contributed by atoms with Crippen LogP contribution in [0, 0.1) is 5.82 Å². The minimum atomic E-state index is -0.766. The molecule has 0 aliphatic heterocycles. The van der Waals surface area contributed by atoms with Crippen molar-refractivity contribution in [2.75, 3.05) is 0 Å². The molecule has 1 aliphatic rings. The van der Waals surface area contributed by atoms with Crippen LogP contribution in [0.3, 0.4) is 0 Å². The minimum absolute atomic E-state index is 0.00861. The number of amides is 2. The average Bonchev–Trinajstić information content (AvgIpc) is 3.37. The van der Waals surface area contributed by atoms with Gasteiger partial charge in [-0.15, -0.1) is 0 Å². The van der Waals surface area contributed by atoms with Crippen molar-refractivity contribution < 1.29 is 14.0 Å². The zero-order valence-corrected chi connectivity index (χ0v) is 20.4. The molecule has 1 saturated carbocycles. The quantitative estimate of drug-likeness (QED) is 0.415. The van der Waals surface area contributed by atoms with E-state index in [1.54, 1.807) is 42.5 Å². The van der Waals surface area contributed by atoms with E-state index in [2.05, 4.69) is 5.32 Å². The largest absolute Gasteiger partial charge is 0.352 e. The van der Waals surface area contributed by atoms with Crippen LogP contribution in [0.2, 0.25) is 5.02 Å². The molecular formula is C29H30ClFN2O2. The second-order valence-corrected chi connectivity index (χ2v) is 9.55. The molecule has 0 radical (unpaired) electrons. The number of halogens is 2. The number of rotatable bonds is 9. The first-order valence-electron chi connectivity index (χ1n) is 12.1. The molecule has 1 aliphatic carbocycles. The molecule has 0 saturated heterocycles. The van der Waals surface area contributed by atoms with E-state index in [1.165, 1.54) is 11.0 Å². The van der Waals surface area contributed by atoms with E-state index in [4.69, 9.17) is 11.6 Å². The maximum absolute atomic E-state index is 14.7. The zero-order chi connectivity index (χ0) is 24.6. The Morgan fingerprint density at radius 2 is 1.57 bits per heavy atom. The highest BCUT2D eigenvalue weighted by molar-refractivity contribution is 6.30. The minimum Gasteiger partial charge on any atom is -0.352 e. The Morgan fingerprint density at radius 1 is 0.914 bits per heavy atom. The van der Waals surface area contributed by atoms with Crippen molar-refractivity contribution >= 4 is 23.4 Å². The highest BCUT2D eigenvalue weighted by atomic mass is 35.5. The lowest BCUT2D eigenvalue weighted by molar-refractivity contribution is -0.141. The Morgan fingerprint density at radius 3 is 2.26 bits per heavy atom. The van der Waals surface area contributed by atoms with E-state index in [-0.39, 0.29) is 30.8 Å². The fraction of sp³-hybridized carbons (Fsp3) is 0.310. The van der Waals surface area contributed by atoms with Crippen LogP contribution in [-0.2, 0) is 29.0 Å². The summed E-state index contributed by atoms with van der Waals surface area (Å²) in [6.45, 7) is 0.00861. The van der Waals surface area contributed by atoms with Crippen LogP contribution >= 0.6 is 11.6 Å². The highest BCUT2D eigenvalue weighted by Gasteiger charge is 2.32. The molecule has 3 aromatic rings. The number of nitrogens with zero attached hydrogens (tertiary/aromatic N) is 1. The molecule has 0 aromatic heterocycles. The third-order valence-corrected chi connectivity index (χ3v) is 6.79. The molecule has 35 heavy (non-hydrogen) atoms. The molecule has 4 rings (SSSR count). The second kappa shape index (κ2) is 12.0. The summed E-state index contributed by atoms with van der Waals surface area (Å²) in [6, 6.07) is 22.4. The number of nitrogens with one attached hydrogen (secondary N) is 1. The van der Waals surface area contributed by atoms with E-state index < -0.39 is 11.9 Å². The molecule has 0 spiro atoms. The third-order valence-electron chi connectivity index (χ3n) is 6.54. The van der Waals surface area contributed by atoms with E-state index in [1.807, 2.05) is 30.3 Å². The topological polar surface area (TPSA) is 49.4 Å². The van der Waals surface area contributed by atoms with Crippen LogP contribution < -0.4 is 5.32 Å². The van der Waals surface area contributed by atoms with E-state index in [0.717, 1.165) is 36.8 Å². The summed E-state index contributed by atoms with van der Waals surface area (Å²) in [6.07, 6.45) is 4.49. The van der Waals surface area contributed by atoms with Crippen LogP contribution in [0.5, 0.6) is 0 Å². The first-order chi connectivity index (χ1) is 17.0. The van der Waals surface area contributed by atoms with Crippen molar-refractivity contribution in [1.29, 1.82) is 0 Å². The van der Waals surface area contributed by atoms with Crippen LogP contribution in [0.15, 0.2) is 78.9 Å². The molecule has 0 heterocycles. The summed E-state index contributed by atoms with van der Waals surface area (Å²) in [4.78, 5) is 28.8. The van der Waals surface area contributed by atoms with Gasteiger partial charge >= 0.3 is 0 Å². The van der Waals surface area contributed by atoms with Gasteiger partial charge in [0.1, 0.15) is 11.9 Å². The molecule has 3 aromatic carbocycles. The first-order valence-corrected chi connectivity index (χ1v) is 12.5. The zero-order valence-electron chi connectivity index (χ0n) is 19.6. The Balaban J connectivity index is 1.66. The summed E-state index contributed by atoms with van der Waals surface area (Å²) < 4.78 is 14.7. The van der Waals surface area contributed by atoms with E-state index in [9.17, 15) is 14.0 Å². The molecule has 6 heteroatoms. The maximum Gasteiger partial charge on any atom is 0.243 e. The van der Waals surface area contributed by atoms with Gasteiger partial charge in [-0.2, -0.15) is 0 Å². The maximum atomic E-state index is 14.7. The number of carbonyl (C=O) groups is 2. The summed E-state index contributed by atoms with van der Waals surface area (Å²) in [5.41, 5.74) is 2.10. The lowest BCUT2D eigenvalue weighted by Crippen LogP contribution is -2.52. The fourth-order valence-electron chi connectivity index (χ4n) is 4.61. The summed E-state index contributed by atoms with van der Waals surface area (Å²) in [5, 5.41) is 3.75. The van der Waals surface area contributed by atoms with Crippen LogP contribution in [0.1, 0.15) is 42.4 Å². The van der Waals surface area contributed by atoms with Crippen LogP contribution in [-0.4, -0.2) is 28.8 Å². The lowest BCUT2D eigenvalue weighted by atomic mass is 10.0. The summed E-state index contributed by atoms with van der Waals surface area (Å²) in [5.74, 6) is -0.828. The van der Waals surface area contributed by atoms with Crippen molar-refractivity contribution in [3.05, 3.63) is 106 Å². The van der Waals surface area contributed by atoms with Crippen molar-refractivity contribution in [2.24, 2.45) is 0 Å². The standard InChI is InChI=1S/C29H30ClFN2O2/c30-24-16-14-22(15-17-24)19-28(34)33(20-23-10-4-7-13-26(23)31)27(18-21-8-2-1-3-9-21)29(35)32-25-11-5-6-12-25/h1-4,7-10,13-17,25,27H,5-6,11-12,18-20H2,(H,32,35). The Bertz CT molecular complexity index is 1130. The first kappa shape index (κ1) is 24.9. The van der Waals surface area contributed by atoms with Crippen LogP contribution in [0.4, 0.5) is 4.39 Å². The Labute approximate surface area is 211 Å². The highest BCUT2D eigenvalue weighted by Crippen LogP contribution is 2.21. The molecule has 4 nitrogen and oxygen atoms in total. The number of benzene rings is 3. The predicted octanol–water partition coefficient (Wildman–Crippen LogP) is 5.72. The smallest absolute Gasteiger partial charge is 0.243 e. The molecule has 2 amide bonds. The third kappa shape index (κ3) is 6.92. The van der Waals surface area contributed by atoms with Gasteiger partial charge in [0.25, 0.3) is 0 Å². The van der Waals surface area contributed by atoms with Gasteiger partial charge < -0.3 is 10.2 Å². The van der Waals surface area contributed by atoms with Crippen molar-refractivity contribution in [3.63, 3.8) is 0 Å². The van der Waals surface area contributed by atoms with E-state index in [0.29, 0.717) is 17.0 Å². The number of carbonyl (C=O) groups excluding carboxylic acids is 2. The van der Waals surface area contributed by atoms with Gasteiger partial charge in [0.05, 0.1) is 6.42 Å². The molecule has 182 valence electrons. The monoisotopic (exact) mass is 492 g/mol. The summed E-state index contributed by atoms with van der Waals surface area (Å²) >= 11 is 6.01. The number of hydrogen-bond acceptors (Lipinski definition) is 2. The Hall–Kier alpha value is -3.18. The van der Waals surface area contributed by atoms with Gasteiger partial charge in [-0.05, 0) is 42.2 Å². The lowest BCUT2D eigenvalue weighted by Gasteiger charge is -2.32. The van der Waals surface area contributed by atoms with Gasteiger partial charge in [-0.1, -0.05) is 85.1 Å². The fourth-order valence-corrected chi connectivity index (χ4v) is 4.74. The van der Waals surface area contributed by atoms with Gasteiger partial charge in [-0.3, -0.25) is 9.59 Å². The van der Waals surface area contributed by atoms with Gasteiger partial charge in [0.2, 0.25) is 11.8 Å². The Kier molecular flexibility index (Phi) is 8.54. The SMILES string of the molecule is O=C(NC1CCCC1)C(Cc1ccccc1)N(Cc1ccccc1F)C(=O)Cc1ccc(Cl)cc1. The summed E-state index contributed by atoms with van der Waals surface area (Å²) in [7, 11) is 0. The number of hydrogen-bond donors (Lipinski definition) is 1.